The fraction of sp³-hybridized carbons (Fsp3) is 0.750. The molecular formula is C8H15NO. The molecule has 0 saturated carbocycles. The van der Waals surface area contributed by atoms with Crippen molar-refractivity contribution in [2.75, 3.05) is 26.7 Å². The second-order valence-electron chi connectivity index (χ2n) is 2.92. The van der Waals surface area contributed by atoms with E-state index in [1.807, 2.05) is 6.92 Å². The molecule has 0 aromatic heterocycles. The molecule has 0 fully saturated rings. The van der Waals surface area contributed by atoms with Gasteiger partial charge in [0.25, 0.3) is 0 Å². The number of hydrogen-bond donors (Lipinski definition) is 0. The first-order valence-corrected chi connectivity index (χ1v) is 3.68. The third kappa shape index (κ3) is 1.74. The summed E-state index contributed by atoms with van der Waals surface area (Å²) in [6.07, 6.45) is 0. The quantitative estimate of drug-likeness (QED) is 0.503. The number of nitrogens with zero attached hydrogens (tertiary/aromatic N) is 1. The molecule has 0 aliphatic carbocycles. The lowest BCUT2D eigenvalue weighted by molar-refractivity contribution is 0.195. The molecule has 1 aliphatic heterocycles. The Balaban J connectivity index is 2.61. The van der Waals surface area contributed by atoms with Gasteiger partial charge in [-0.3, -0.25) is 4.90 Å². The first-order valence-electron chi connectivity index (χ1n) is 3.68. The van der Waals surface area contributed by atoms with E-state index in [1.165, 1.54) is 5.57 Å². The highest BCUT2D eigenvalue weighted by Crippen LogP contribution is 2.09. The predicted molar refractivity (Wildman–Crippen MR) is 41.8 cm³/mol. The Hall–Kier alpha value is -0.500. The second kappa shape index (κ2) is 3.06. The van der Waals surface area contributed by atoms with Gasteiger partial charge in [-0.25, -0.2) is 0 Å². The van der Waals surface area contributed by atoms with E-state index < -0.39 is 0 Å². The second-order valence-corrected chi connectivity index (χ2v) is 2.92. The molecule has 0 bridgehead atoms. The molecule has 0 N–H and O–H groups in total. The van der Waals surface area contributed by atoms with Crippen molar-refractivity contribution in [3.63, 3.8) is 0 Å². The van der Waals surface area contributed by atoms with Crippen LogP contribution in [0.2, 0.25) is 0 Å². The van der Waals surface area contributed by atoms with Crippen molar-refractivity contribution in [1.82, 2.24) is 4.90 Å². The molecule has 10 heavy (non-hydrogen) atoms. The molecule has 0 aromatic rings. The van der Waals surface area contributed by atoms with Crippen LogP contribution in [0.5, 0.6) is 0 Å². The van der Waals surface area contributed by atoms with E-state index in [4.69, 9.17) is 4.74 Å². The molecule has 0 aromatic carbocycles. The highest BCUT2D eigenvalue weighted by Gasteiger charge is 2.07. The maximum absolute atomic E-state index is 5.42. The van der Waals surface area contributed by atoms with Gasteiger partial charge in [0.05, 0.1) is 5.76 Å². The number of allylic oxidation sites excluding steroid dienone is 1. The van der Waals surface area contributed by atoms with Crippen molar-refractivity contribution >= 4 is 0 Å². The molecule has 0 saturated heterocycles. The summed E-state index contributed by atoms with van der Waals surface area (Å²) in [4.78, 5) is 2.27. The van der Waals surface area contributed by atoms with Crippen molar-refractivity contribution in [1.29, 1.82) is 0 Å². The predicted octanol–water partition coefficient (Wildman–Crippen LogP) is 1.24. The molecule has 1 rings (SSSR count). The monoisotopic (exact) mass is 141 g/mol. The highest BCUT2D eigenvalue weighted by atomic mass is 16.5. The van der Waals surface area contributed by atoms with Crippen LogP contribution in [0, 0.1) is 0 Å². The zero-order valence-corrected chi connectivity index (χ0v) is 6.98. The van der Waals surface area contributed by atoms with Crippen LogP contribution in [0.3, 0.4) is 0 Å². The zero-order valence-electron chi connectivity index (χ0n) is 6.98. The van der Waals surface area contributed by atoms with Crippen molar-refractivity contribution < 1.29 is 4.74 Å². The van der Waals surface area contributed by atoms with Gasteiger partial charge in [0.1, 0.15) is 6.61 Å². The van der Waals surface area contributed by atoms with Crippen molar-refractivity contribution in [3.8, 4) is 0 Å². The van der Waals surface area contributed by atoms with Crippen LogP contribution in [0.25, 0.3) is 0 Å². The van der Waals surface area contributed by atoms with Gasteiger partial charge in [-0.2, -0.15) is 0 Å². The van der Waals surface area contributed by atoms with Crippen LogP contribution in [0.4, 0.5) is 0 Å². The Morgan fingerprint density at radius 3 is 2.80 bits per heavy atom. The lowest BCUT2D eigenvalue weighted by Crippen LogP contribution is -2.21. The molecule has 0 spiro atoms. The van der Waals surface area contributed by atoms with Crippen LogP contribution < -0.4 is 0 Å². The largest absolute Gasteiger partial charge is 0.497 e. The van der Waals surface area contributed by atoms with E-state index in [0.29, 0.717) is 0 Å². The normalized spacial score (nSPS) is 22.3. The van der Waals surface area contributed by atoms with Crippen LogP contribution in [-0.4, -0.2) is 31.6 Å². The summed E-state index contributed by atoms with van der Waals surface area (Å²) in [5.74, 6) is 1.10. The minimum Gasteiger partial charge on any atom is -0.497 e. The van der Waals surface area contributed by atoms with E-state index in [2.05, 4.69) is 18.9 Å². The fourth-order valence-corrected chi connectivity index (χ4v) is 1.07. The third-order valence-electron chi connectivity index (χ3n) is 1.90. The minimum atomic E-state index is 0.833. The molecular weight excluding hydrogens is 126 g/mol. The zero-order chi connectivity index (χ0) is 7.56. The van der Waals surface area contributed by atoms with Gasteiger partial charge in [0.2, 0.25) is 0 Å². The maximum Gasteiger partial charge on any atom is 0.100 e. The average molecular weight is 141 g/mol. The molecule has 0 amide bonds. The van der Waals surface area contributed by atoms with Gasteiger partial charge in [-0.1, -0.05) is 0 Å². The van der Waals surface area contributed by atoms with Gasteiger partial charge in [0, 0.05) is 13.1 Å². The Labute approximate surface area is 62.5 Å². The van der Waals surface area contributed by atoms with Gasteiger partial charge < -0.3 is 4.74 Å². The van der Waals surface area contributed by atoms with Crippen LogP contribution in [-0.2, 0) is 4.74 Å². The summed E-state index contributed by atoms with van der Waals surface area (Å²) < 4.78 is 5.42. The first-order chi connectivity index (χ1) is 4.70. The fourth-order valence-electron chi connectivity index (χ4n) is 1.07. The number of likely N-dealkylation sites (N-methyl/N-ethyl adjacent to an activating group) is 1. The summed E-state index contributed by atoms with van der Waals surface area (Å²) >= 11 is 0. The molecule has 0 atom stereocenters. The number of rotatable bonds is 0. The summed E-state index contributed by atoms with van der Waals surface area (Å²) in [5, 5.41) is 0. The summed E-state index contributed by atoms with van der Waals surface area (Å²) in [6.45, 7) is 7.08. The number of ether oxygens (including phenoxy) is 1. The number of hydrogen-bond acceptors (Lipinski definition) is 2. The Kier molecular flexibility index (Phi) is 2.33. The van der Waals surface area contributed by atoms with E-state index in [-0.39, 0.29) is 0 Å². The topological polar surface area (TPSA) is 12.5 Å². The van der Waals surface area contributed by atoms with Gasteiger partial charge >= 0.3 is 0 Å². The van der Waals surface area contributed by atoms with Crippen molar-refractivity contribution in [3.05, 3.63) is 11.3 Å². The van der Waals surface area contributed by atoms with E-state index in [1.54, 1.807) is 0 Å². The van der Waals surface area contributed by atoms with E-state index in [0.717, 1.165) is 25.5 Å². The van der Waals surface area contributed by atoms with Crippen LogP contribution >= 0.6 is 0 Å². The van der Waals surface area contributed by atoms with Crippen molar-refractivity contribution in [2.24, 2.45) is 0 Å². The lowest BCUT2D eigenvalue weighted by Gasteiger charge is -2.11. The lowest BCUT2D eigenvalue weighted by atomic mass is 10.2. The molecule has 0 radical (unpaired) electrons. The van der Waals surface area contributed by atoms with Crippen LogP contribution in [0.1, 0.15) is 13.8 Å². The molecule has 58 valence electrons. The average Bonchev–Trinajstić information content (AvgIpc) is 1.96. The molecule has 1 heterocycles. The molecule has 2 nitrogen and oxygen atoms in total. The minimum absolute atomic E-state index is 0.833. The summed E-state index contributed by atoms with van der Waals surface area (Å²) in [5.41, 5.74) is 1.35. The maximum atomic E-state index is 5.42. The van der Waals surface area contributed by atoms with E-state index in [9.17, 15) is 0 Å². The smallest absolute Gasteiger partial charge is 0.100 e. The third-order valence-corrected chi connectivity index (χ3v) is 1.90. The van der Waals surface area contributed by atoms with Gasteiger partial charge in [-0.15, -0.1) is 0 Å². The molecule has 2 heteroatoms. The molecule has 0 unspecified atom stereocenters. The summed E-state index contributed by atoms with van der Waals surface area (Å²) in [7, 11) is 2.12. The van der Waals surface area contributed by atoms with Gasteiger partial charge in [-0.05, 0) is 26.5 Å². The van der Waals surface area contributed by atoms with Gasteiger partial charge in [0.15, 0.2) is 0 Å². The Morgan fingerprint density at radius 2 is 2.10 bits per heavy atom. The standard InChI is InChI=1S/C8H15NO/c1-7-6-9(3)4-5-10-8(7)2/h4-6H2,1-3H3. The highest BCUT2D eigenvalue weighted by molar-refractivity contribution is 5.06. The van der Waals surface area contributed by atoms with Crippen molar-refractivity contribution in [2.45, 2.75) is 13.8 Å². The Morgan fingerprint density at radius 1 is 1.40 bits per heavy atom. The summed E-state index contributed by atoms with van der Waals surface area (Å²) in [6, 6.07) is 0. The Bertz CT molecular complexity index is 151. The van der Waals surface area contributed by atoms with E-state index >= 15 is 0 Å². The SMILES string of the molecule is CC1=C(C)OCCN(C)C1. The van der Waals surface area contributed by atoms with Crippen LogP contribution in [0.15, 0.2) is 11.3 Å². The first kappa shape index (κ1) is 7.61. The molecule has 1 aliphatic rings.